The van der Waals surface area contributed by atoms with E-state index < -0.39 is 0 Å². The maximum absolute atomic E-state index is 5.39. The van der Waals surface area contributed by atoms with Crippen LogP contribution < -0.4 is 10.1 Å². The van der Waals surface area contributed by atoms with Crippen molar-refractivity contribution in [1.82, 2.24) is 20.0 Å². The topological polar surface area (TPSA) is 42.3 Å². The number of hydrogen-bond donors (Lipinski definition) is 1. The summed E-state index contributed by atoms with van der Waals surface area (Å²) in [6.45, 7) is 6.24. The number of aromatic nitrogens is 2. The summed E-state index contributed by atoms with van der Waals surface area (Å²) in [6, 6.07) is 0. The van der Waals surface area contributed by atoms with E-state index in [-0.39, 0.29) is 0 Å². The van der Waals surface area contributed by atoms with E-state index >= 15 is 0 Å². The van der Waals surface area contributed by atoms with Gasteiger partial charge in [0, 0.05) is 6.54 Å². The fourth-order valence-corrected chi connectivity index (χ4v) is 1.99. The summed E-state index contributed by atoms with van der Waals surface area (Å²) in [7, 11) is 5.87. The number of methoxy groups -OCH3 is 1. The molecule has 0 radical (unpaired) electrons. The zero-order chi connectivity index (χ0) is 14.1. The molecule has 0 fully saturated rings. The lowest BCUT2D eigenvalue weighted by molar-refractivity contribution is 0.365. The minimum absolute atomic E-state index is 0.911. The standard InChI is InChI=1S/C14H28N4O/c1-5-8-15-9-6-7-13-14(19-4)12-16-18(13)11-10-17(2)3/h12,15H,5-11H2,1-4H3. The van der Waals surface area contributed by atoms with Crippen LogP contribution in [-0.4, -0.2) is 55.5 Å². The molecule has 1 rings (SSSR count). The van der Waals surface area contributed by atoms with E-state index in [4.69, 9.17) is 4.74 Å². The maximum atomic E-state index is 5.39. The van der Waals surface area contributed by atoms with Crippen LogP contribution in [0.15, 0.2) is 6.20 Å². The van der Waals surface area contributed by atoms with Crippen molar-refractivity contribution in [1.29, 1.82) is 0 Å². The highest BCUT2D eigenvalue weighted by Gasteiger charge is 2.10. The number of rotatable bonds is 10. The molecule has 0 amide bonds. The Morgan fingerprint density at radius 1 is 1.37 bits per heavy atom. The summed E-state index contributed by atoms with van der Waals surface area (Å²) in [5, 5.41) is 7.84. The SMILES string of the molecule is CCCNCCCc1c(OC)cnn1CCN(C)C. The second kappa shape index (κ2) is 8.93. The molecule has 0 aliphatic heterocycles. The summed E-state index contributed by atoms with van der Waals surface area (Å²) >= 11 is 0. The van der Waals surface area contributed by atoms with Crippen molar-refractivity contribution in [2.75, 3.05) is 40.8 Å². The van der Waals surface area contributed by atoms with Crippen LogP contribution in [0.2, 0.25) is 0 Å². The molecule has 0 saturated heterocycles. The van der Waals surface area contributed by atoms with Gasteiger partial charge in [-0.3, -0.25) is 4.68 Å². The van der Waals surface area contributed by atoms with Crippen LogP contribution in [0.5, 0.6) is 5.75 Å². The third kappa shape index (κ3) is 5.61. The molecule has 0 saturated carbocycles. The van der Waals surface area contributed by atoms with E-state index in [0.717, 1.165) is 44.8 Å². The Bertz CT molecular complexity index is 349. The van der Waals surface area contributed by atoms with Gasteiger partial charge in [0.25, 0.3) is 0 Å². The number of ether oxygens (including phenoxy) is 1. The Morgan fingerprint density at radius 2 is 2.16 bits per heavy atom. The number of nitrogens with one attached hydrogen (secondary N) is 1. The van der Waals surface area contributed by atoms with Gasteiger partial charge in [-0.2, -0.15) is 5.10 Å². The zero-order valence-electron chi connectivity index (χ0n) is 12.8. The first-order chi connectivity index (χ1) is 9.19. The average Bonchev–Trinajstić information content (AvgIpc) is 2.78. The molecule has 0 aliphatic rings. The van der Waals surface area contributed by atoms with Gasteiger partial charge in [0.2, 0.25) is 0 Å². The van der Waals surface area contributed by atoms with Gasteiger partial charge in [-0.15, -0.1) is 0 Å². The molecule has 5 nitrogen and oxygen atoms in total. The van der Waals surface area contributed by atoms with Crippen LogP contribution in [0.1, 0.15) is 25.5 Å². The highest BCUT2D eigenvalue weighted by Crippen LogP contribution is 2.18. The molecule has 1 N–H and O–H groups in total. The fraction of sp³-hybridized carbons (Fsp3) is 0.786. The molecule has 19 heavy (non-hydrogen) atoms. The second-order valence-electron chi connectivity index (χ2n) is 5.04. The molecule has 0 atom stereocenters. The normalized spacial score (nSPS) is 11.2. The lowest BCUT2D eigenvalue weighted by Crippen LogP contribution is -2.21. The summed E-state index contributed by atoms with van der Waals surface area (Å²) in [5.74, 6) is 0.911. The van der Waals surface area contributed by atoms with Crippen LogP contribution >= 0.6 is 0 Å². The Balaban J connectivity index is 2.50. The molecule has 0 spiro atoms. The smallest absolute Gasteiger partial charge is 0.159 e. The van der Waals surface area contributed by atoms with E-state index in [1.54, 1.807) is 7.11 Å². The van der Waals surface area contributed by atoms with Gasteiger partial charge in [-0.25, -0.2) is 0 Å². The summed E-state index contributed by atoms with van der Waals surface area (Å²) in [4.78, 5) is 2.17. The van der Waals surface area contributed by atoms with E-state index in [2.05, 4.69) is 41.0 Å². The first-order valence-corrected chi connectivity index (χ1v) is 7.13. The summed E-state index contributed by atoms with van der Waals surface area (Å²) < 4.78 is 7.46. The number of likely N-dealkylation sites (N-methyl/N-ethyl adjacent to an activating group) is 1. The van der Waals surface area contributed by atoms with Crippen LogP contribution in [0, 0.1) is 0 Å². The Labute approximate surface area is 116 Å². The van der Waals surface area contributed by atoms with Crippen molar-refractivity contribution in [3.8, 4) is 5.75 Å². The second-order valence-corrected chi connectivity index (χ2v) is 5.04. The third-order valence-corrected chi connectivity index (χ3v) is 3.08. The molecule has 1 aromatic heterocycles. The monoisotopic (exact) mass is 268 g/mol. The average molecular weight is 268 g/mol. The molecular formula is C14H28N4O. The van der Waals surface area contributed by atoms with Crippen LogP contribution in [-0.2, 0) is 13.0 Å². The summed E-state index contributed by atoms with van der Waals surface area (Å²) in [6.07, 6.45) is 5.13. The molecule has 5 heteroatoms. The van der Waals surface area contributed by atoms with Crippen molar-refractivity contribution in [2.24, 2.45) is 0 Å². The van der Waals surface area contributed by atoms with Crippen molar-refractivity contribution >= 4 is 0 Å². The molecule has 0 unspecified atom stereocenters. The zero-order valence-corrected chi connectivity index (χ0v) is 12.8. The van der Waals surface area contributed by atoms with Gasteiger partial charge < -0.3 is 15.0 Å². The van der Waals surface area contributed by atoms with Gasteiger partial charge >= 0.3 is 0 Å². The predicted octanol–water partition coefficient (Wildman–Crippen LogP) is 1.39. The van der Waals surface area contributed by atoms with Crippen molar-refractivity contribution in [3.05, 3.63) is 11.9 Å². The summed E-state index contributed by atoms with van der Waals surface area (Å²) in [5.41, 5.74) is 1.21. The van der Waals surface area contributed by atoms with Crippen LogP contribution in [0.3, 0.4) is 0 Å². The highest BCUT2D eigenvalue weighted by molar-refractivity contribution is 5.25. The first-order valence-electron chi connectivity index (χ1n) is 7.13. The van der Waals surface area contributed by atoms with Gasteiger partial charge in [0.1, 0.15) is 0 Å². The highest BCUT2D eigenvalue weighted by atomic mass is 16.5. The van der Waals surface area contributed by atoms with Gasteiger partial charge in [0.05, 0.1) is 25.5 Å². The number of hydrogen-bond acceptors (Lipinski definition) is 4. The Hall–Kier alpha value is -1.07. The molecule has 0 bridgehead atoms. The van der Waals surface area contributed by atoms with Gasteiger partial charge in [-0.05, 0) is 46.4 Å². The van der Waals surface area contributed by atoms with Crippen molar-refractivity contribution < 1.29 is 4.74 Å². The first kappa shape index (κ1) is 16.0. The minimum Gasteiger partial charge on any atom is -0.493 e. The van der Waals surface area contributed by atoms with E-state index in [9.17, 15) is 0 Å². The Kier molecular flexibility index (Phi) is 7.52. The Morgan fingerprint density at radius 3 is 2.79 bits per heavy atom. The van der Waals surface area contributed by atoms with Crippen molar-refractivity contribution in [2.45, 2.75) is 32.7 Å². The van der Waals surface area contributed by atoms with E-state index in [1.807, 2.05) is 6.20 Å². The van der Waals surface area contributed by atoms with Gasteiger partial charge in [0.15, 0.2) is 5.75 Å². The van der Waals surface area contributed by atoms with E-state index in [1.165, 1.54) is 12.1 Å². The third-order valence-electron chi connectivity index (χ3n) is 3.08. The molecular weight excluding hydrogens is 240 g/mol. The van der Waals surface area contributed by atoms with Crippen LogP contribution in [0.4, 0.5) is 0 Å². The van der Waals surface area contributed by atoms with Crippen molar-refractivity contribution in [3.63, 3.8) is 0 Å². The minimum atomic E-state index is 0.911. The lowest BCUT2D eigenvalue weighted by Gasteiger charge is -2.12. The molecule has 1 heterocycles. The molecule has 0 aromatic carbocycles. The lowest BCUT2D eigenvalue weighted by atomic mass is 10.2. The van der Waals surface area contributed by atoms with Crippen LogP contribution in [0.25, 0.3) is 0 Å². The largest absolute Gasteiger partial charge is 0.493 e. The van der Waals surface area contributed by atoms with E-state index in [0.29, 0.717) is 0 Å². The molecule has 1 aromatic rings. The predicted molar refractivity (Wildman–Crippen MR) is 78.8 cm³/mol. The molecule has 110 valence electrons. The molecule has 0 aliphatic carbocycles. The fourth-order valence-electron chi connectivity index (χ4n) is 1.99. The number of nitrogens with zero attached hydrogens (tertiary/aromatic N) is 3. The quantitative estimate of drug-likeness (QED) is 0.651. The maximum Gasteiger partial charge on any atom is 0.159 e. The van der Waals surface area contributed by atoms with Gasteiger partial charge in [-0.1, -0.05) is 6.92 Å².